The van der Waals surface area contributed by atoms with Gasteiger partial charge in [0, 0.05) is 28.9 Å². The number of non-ortho nitro benzene ring substituents is 1. The van der Waals surface area contributed by atoms with Gasteiger partial charge >= 0.3 is 0 Å². The van der Waals surface area contributed by atoms with E-state index in [1.165, 1.54) is 47.4 Å². The first-order valence-electron chi connectivity index (χ1n) is 10.1. The zero-order valence-corrected chi connectivity index (χ0v) is 17.8. The number of halogens is 1. The average Bonchev–Trinajstić information content (AvgIpc) is 3.06. The summed E-state index contributed by atoms with van der Waals surface area (Å²) in [5.74, 6) is -3.07. The highest BCUT2D eigenvalue weighted by Gasteiger charge is 2.47. The zero-order chi connectivity index (χ0) is 23.9. The minimum atomic E-state index is -1.22. The Labute approximate surface area is 188 Å². The first kappa shape index (κ1) is 21.9. The van der Waals surface area contributed by atoms with Crippen molar-refractivity contribution in [3.8, 4) is 0 Å². The summed E-state index contributed by atoms with van der Waals surface area (Å²) in [4.78, 5) is 37.7. The van der Waals surface area contributed by atoms with Crippen molar-refractivity contribution in [3.63, 3.8) is 0 Å². The van der Waals surface area contributed by atoms with E-state index >= 15 is 0 Å². The van der Waals surface area contributed by atoms with Crippen molar-refractivity contribution in [1.29, 1.82) is 0 Å². The van der Waals surface area contributed by atoms with E-state index in [0.29, 0.717) is 5.69 Å². The Morgan fingerprint density at radius 3 is 2.27 bits per heavy atom. The standard InChI is InChI=1S/C25H19FN2O5/c1-14-7-10-18(13-15(14)2)27-22(19-5-3-4-6-20(19)26)21(24(30)25(27)31)23(29)16-8-11-17(12-9-16)28(32)33/h3-13,22,29H,1-2H3/b23-21+. The fourth-order valence-electron chi connectivity index (χ4n) is 3.86. The number of anilines is 1. The van der Waals surface area contributed by atoms with Crippen LogP contribution in [0.2, 0.25) is 0 Å². The minimum absolute atomic E-state index is 0.0402. The number of rotatable bonds is 4. The molecule has 1 amide bonds. The number of hydrogen-bond donors (Lipinski definition) is 1. The van der Waals surface area contributed by atoms with Crippen molar-refractivity contribution in [2.75, 3.05) is 4.90 Å². The number of hydrogen-bond acceptors (Lipinski definition) is 5. The van der Waals surface area contributed by atoms with Gasteiger partial charge in [0.25, 0.3) is 17.4 Å². The lowest BCUT2D eigenvalue weighted by molar-refractivity contribution is -0.384. The van der Waals surface area contributed by atoms with Crippen molar-refractivity contribution in [2.45, 2.75) is 19.9 Å². The average molecular weight is 446 g/mol. The molecule has 0 aliphatic carbocycles. The number of benzene rings is 3. The predicted octanol–water partition coefficient (Wildman–Crippen LogP) is 4.98. The number of nitrogens with zero attached hydrogens (tertiary/aromatic N) is 2. The number of ketones is 1. The number of carbonyl (C=O) groups excluding carboxylic acids is 2. The maximum Gasteiger partial charge on any atom is 0.300 e. The lowest BCUT2D eigenvalue weighted by Gasteiger charge is -2.26. The molecule has 0 spiro atoms. The van der Waals surface area contributed by atoms with Gasteiger partial charge in [-0.2, -0.15) is 0 Å². The molecular weight excluding hydrogens is 427 g/mol. The Bertz CT molecular complexity index is 1330. The normalized spacial score (nSPS) is 17.4. The number of aliphatic hydroxyl groups excluding tert-OH is 1. The van der Waals surface area contributed by atoms with Crippen LogP contribution in [0.25, 0.3) is 5.76 Å². The van der Waals surface area contributed by atoms with E-state index < -0.39 is 34.2 Å². The maximum absolute atomic E-state index is 14.9. The summed E-state index contributed by atoms with van der Waals surface area (Å²) in [7, 11) is 0. The van der Waals surface area contributed by atoms with E-state index in [0.717, 1.165) is 11.1 Å². The molecule has 7 nitrogen and oxygen atoms in total. The molecule has 33 heavy (non-hydrogen) atoms. The largest absolute Gasteiger partial charge is 0.507 e. The number of Topliss-reactive ketones (excluding diaryl/α,β-unsaturated/α-hetero) is 1. The molecule has 1 N–H and O–H groups in total. The van der Waals surface area contributed by atoms with Crippen LogP contribution in [-0.4, -0.2) is 21.7 Å². The van der Waals surface area contributed by atoms with Crippen molar-refractivity contribution < 1.29 is 24.0 Å². The van der Waals surface area contributed by atoms with E-state index in [4.69, 9.17) is 0 Å². The minimum Gasteiger partial charge on any atom is -0.507 e. The number of carbonyl (C=O) groups is 2. The van der Waals surface area contributed by atoms with Crippen LogP contribution in [0.4, 0.5) is 15.8 Å². The monoisotopic (exact) mass is 446 g/mol. The van der Waals surface area contributed by atoms with Crippen LogP contribution in [-0.2, 0) is 9.59 Å². The summed E-state index contributed by atoms with van der Waals surface area (Å²) in [6, 6.07) is 14.6. The number of aryl methyl sites for hydroxylation is 2. The molecular formula is C25H19FN2O5. The van der Waals surface area contributed by atoms with Crippen molar-refractivity contribution in [3.05, 3.63) is 110 Å². The third-order valence-corrected chi connectivity index (χ3v) is 5.76. The van der Waals surface area contributed by atoms with Gasteiger partial charge in [0.15, 0.2) is 0 Å². The Morgan fingerprint density at radius 1 is 1.00 bits per heavy atom. The molecule has 1 atom stereocenters. The molecule has 4 rings (SSSR count). The molecule has 3 aromatic carbocycles. The highest BCUT2D eigenvalue weighted by molar-refractivity contribution is 6.51. The van der Waals surface area contributed by atoms with Gasteiger partial charge in [-0.15, -0.1) is 0 Å². The van der Waals surface area contributed by atoms with Crippen molar-refractivity contribution in [1.82, 2.24) is 0 Å². The molecule has 1 fully saturated rings. The molecule has 1 heterocycles. The highest BCUT2D eigenvalue weighted by Crippen LogP contribution is 2.43. The second kappa shape index (κ2) is 8.31. The molecule has 1 unspecified atom stereocenters. The van der Waals surface area contributed by atoms with E-state index in [-0.39, 0.29) is 22.4 Å². The quantitative estimate of drug-likeness (QED) is 0.200. The van der Waals surface area contributed by atoms with Crippen LogP contribution in [0.15, 0.2) is 72.3 Å². The summed E-state index contributed by atoms with van der Waals surface area (Å²) in [6.45, 7) is 3.75. The number of nitro groups is 1. The van der Waals surface area contributed by atoms with Crippen LogP contribution in [0.3, 0.4) is 0 Å². The fraction of sp³-hybridized carbons (Fsp3) is 0.120. The van der Waals surface area contributed by atoms with Gasteiger partial charge in [-0.1, -0.05) is 24.3 Å². The molecule has 1 aliphatic rings. The molecule has 0 aromatic heterocycles. The summed E-state index contributed by atoms with van der Waals surface area (Å²) in [6.07, 6.45) is 0. The first-order chi connectivity index (χ1) is 15.7. The van der Waals surface area contributed by atoms with E-state index in [1.54, 1.807) is 24.3 Å². The molecule has 3 aromatic rings. The third-order valence-electron chi connectivity index (χ3n) is 5.76. The number of aliphatic hydroxyl groups is 1. The van der Waals surface area contributed by atoms with Gasteiger partial charge in [-0.3, -0.25) is 24.6 Å². The summed E-state index contributed by atoms with van der Waals surface area (Å²) in [5, 5.41) is 22.0. The first-order valence-corrected chi connectivity index (χ1v) is 10.1. The van der Waals surface area contributed by atoms with Crippen LogP contribution in [0.5, 0.6) is 0 Å². The van der Waals surface area contributed by atoms with Crippen molar-refractivity contribution in [2.24, 2.45) is 0 Å². The molecule has 1 saturated heterocycles. The number of amides is 1. The summed E-state index contributed by atoms with van der Waals surface area (Å²) < 4.78 is 14.9. The smallest absolute Gasteiger partial charge is 0.300 e. The topological polar surface area (TPSA) is 101 Å². The fourth-order valence-corrected chi connectivity index (χ4v) is 3.86. The predicted molar refractivity (Wildman–Crippen MR) is 120 cm³/mol. The molecule has 8 heteroatoms. The Kier molecular flexibility index (Phi) is 5.51. The second-order valence-corrected chi connectivity index (χ2v) is 7.76. The zero-order valence-electron chi connectivity index (χ0n) is 17.8. The Morgan fingerprint density at radius 2 is 1.67 bits per heavy atom. The van der Waals surface area contributed by atoms with Gasteiger partial charge in [-0.05, 0) is 55.3 Å². The number of nitro benzene ring substituents is 1. The lowest BCUT2D eigenvalue weighted by Crippen LogP contribution is -2.30. The van der Waals surface area contributed by atoms with Crippen LogP contribution in [0, 0.1) is 29.8 Å². The van der Waals surface area contributed by atoms with Gasteiger partial charge in [0.1, 0.15) is 11.6 Å². The van der Waals surface area contributed by atoms with Gasteiger partial charge < -0.3 is 5.11 Å². The second-order valence-electron chi connectivity index (χ2n) is 7.76. The highest BCUT2D eigenvalue weighted by atomic mass is 19.1. The van der Waals surface area contributed by atoms with Gasteiger partial charge in [-0.25, -0.2) is 4.39 Å². The van der Waals surface area contributed by atoms with Crippen LogP contribution >= 0.6 is 0 Å². The van der Waals surface area contributed by atoms with Crippen LogP contribution in [0.1, 0.15) is 28.3 Å². The lowest BCUT2D eigenvalue weighted by atomic mass is 9.94. The van der Waals surface area contributed by atoms with Crippen LogP contribution < -0.4 is 4.90 Å². The van der Waals surface area contributed by atoms with E-state index in [2.05, 4.69) is 0 Å². The van der Waals surface area contributed by atoms with E-state index in [1.807, 2.05) is 13.8 Å². The summed E-state index contributed by atoms with van der Waals surface area (Å²) in [5.41, 5.74) is 1.88. The molecule has 0 radical (unpaired) electrons. The summed E-state index contributed by atoms with van der Waals surface area (Å²) >= 11 is 0. The third kappa shape index (κ3) is 3.76. The Hall–Kier alpha value is -4.33. The van der Waals surface area contributed by atoms with Gasteiger partial charge in [0.2, 0.25) is 0 Å². The molecule has 0 bridgehead atoms. The molecule has 166 valence electrons. The van der Waals surface area contributed by atoms with E-state index in [9.17, 15) is 29.2 Å². The van der Waals surface area contributed by atoms with Crippen molar-refractivity contribution >= 4 is 28.8 Å². The maximum atomic E-state index is 14.9. The molecule has 0 saturated carbocycles. The SMILES string of the molecule is Cc1ccc(N2C(=O)C(=O)/C(=C(/O)c3ccc([N+](=O)[O-])cc3)C2c2ccccc2F)cc1C. The van der Waals surface area contributed by atoms with Gasteiger partial charge in [0.05, 0.1) is 16.5 Å². The molecule has 1 aliphatic heterocycles. The Balaban J connectivity index is 1.95.